The topological polar surface area (TPSA) is 24.1 Å². The number of halogens is 2. The van der Waals surface area contributed by atoms with Gasteiger partial charge in [0.2, 0.25) is 0 Å². The summed E-state index contributed by atoms with van der Waals surface area (Å²) in [4.78, 5) is 0. The van der Waals surface area contributed by atoms with Crippen molar-refractivity contribution < 1.29 is 4.39 Å². The van der Waals surface area contributed by atoms with Gasteiger partial charge in [-0.05, 0) is 37.6 Å². The Balaban J connectivity index is 1.79. The summed E-state index contributed by atoms with van der Waals surface area (Å²) in [7, 11) is 0. The average Bonchev–Trinajstić information content (AvgIpc) is 2.35. The van der Waals surface area contributed by atoms with Crippen LogP contribution >= 0.6 is 15.9 Å². The van der Waals surface area contributed by atoms with Crippen LogP contribution in [0, 0.1) is 5.82 Å². The molecule has 94 valence electrons. The quantitative estimate of drug-likeness (QED) is 0.893. The maximum atomic E-state index is 13.5. The zero-order valence-electron chi connectivity index (χ0n) is 9.81. The molecule has 0 saturated carbocycles. The van der Waals surface area contributed by atoms with Crippen molar-refractivity contribution >= 4 is 15.9 Å². The van der Waals surface area contributed by atoms with Crippen LogP contribution in [0.1, 0.15) is 24.8 Å². The lowest BCUT2D eigenvalue weighted by Crippen LogP contribution is -2.41. The van der Waals surface area contributed by atoms with E-state index >= 15 is 0 Å². The number of piperidine rings is 1. The second kappa shape index (κ2) is 6.47. The van der Waals surface area contributed by atoms with E-state index in [4.69, 9.17) is 0 Å². The molecule has 1 fully saturated rings. The van der Waals surface area contributed by atoms with Crippen LogP contribution in [-0.4, -0.2) is 19.1 Å². The Hall–Kier alpha value is -0.450. The molecule has 0 amide bonds. The highest BCUT2D eigenvalue weighted by atomic mass is 79.9. The molecule has 1 saturated heterocycles. The van der Waals surface area contributed by atoms with E-state index in [0.29, 0.717) is 12.6 Å². The molecule has 1 heterocycles. The summed E-state index contributed by atoms with van der Waals surface area (Å²) in [6, 6.07) is 5.59. The zero-order valence-corrected chi connectivity index (χ0v) is 11.4. The zero-order chi connectivity index (χ0) is 12.1. The summed E-state index contributed by atoms with van der Waals surface area (Å²) in [5.74, 6) is -0.141. The van der Waals surface area contributed by atoms with Gasteiger partial charge in [-0.15, -0.1) is 0 Å². The fraction of sp³-hybridized carbons (Fsp3) is 0.538. The van der Waals surface area contributed by atoms with Gasteiger partial charge in [-0.1, -0.05) is 22.4 Å². The van der Waals surface area contributed by atoms with Gasteiger partial charge < -0.3 is 10.6 Å². The summed E-state index contributed by atoms with van der Waals surface area (Å²) >= 11 is 3.36. The van der Waals surface area contributed by atoms with E-state index in [1.165, 1.54) is 25.3 Å². The molecule has 0 aliphatic carbocycles. The number of hydrogen-bond acceptors (Lipinski definition) is 2. The van der Waals surface area contributed by atoms with Crippen molar-refractivity contribution in [3.05, 3.63) is 34.1 Å². The largest absolute Gasteiger partial charge is 0.313 e. The predicted octanol–water partition coefficient (Wildman–Crippen LogP) is 2.82. The normalized spacial score (nSPS) is 20.5. The van der Waals surface area contributed by atoms with E-state index in [9.17, 15) is 4.39 Å². The molecular weight excluding hydrogens is 283 g/mol. The average molecular weight is 301 g/mol. The number of rotatable bonds is 4. The summed E-state index contributed by atoms with van der Waals surface area (Å²) in [6.45, 7) is 2.60. The number of benzene rings is 1. The van der Waals surface area contributed by atoms with E-state index in [-0.39, 0.29) is 5.82 Å². The van der Waals surface area contributed by atoms with Crippen molar-refractivity contribution in [1.82, 2.24) is 10.6 Å². The second-order valence-corrected chi connectivity index (χ2v) is 5.43. The SMILES string of the molecule is Fc1ccc(Br)cc1CNCC1CCCCN1. The van der Waals surface area contributed by atoms with E-state index in [0.717, 1.165) is 23.1 Å². The molecule has 1 aliphatic rings. The number of nitrogens with one attached hydrogen (secondary N) is 2. The molecule has 1 unspecified atom stereocenters. The van der Waals surface area contributed by atoms with Gasteiger partial charge in [0, 0.05) is 29.2 Å². The lowest BCUT2D eigenvalue weighted by Gasteiger charge is -2.23. The Morgan fingerprint density at radius 1 is 1.41 bits per heavy atom. The third-order valence-corrected chi connectivity index (χ3v) is 3.62. The third kappa shape index (κ3) is 4.05. The lowest BCUT2D eigenvalue weighted by molar-refractivity contribution is 0.382. The molecule has 0 aromatic heterocycles. The van der Waals surface area contributed by atoms with Crippen LogP contribution in [0.25, 0.3) is 0 Å². The van der Waals surface area contributed by atoms with E-state index < -0.39 is 0 Å². The van der Waals surface area contributed by atoms with Crippen molar-refractivity contribution in [2.45, 2.75) is 31.8 Å². The predicted molar refractivity (Wildman–Crippen MR) is 71.4 cm³/mol. The highest BCUT2D eigenvalue weighted by Gasteiger charge is 2.11. The Bertz CT molecular complexity index is 364. The Labute approximate surface area is 110 Å². The Morgan fingerprint density at radius 2 is 2.29 bits per heavy atom. The minimum absolute atomic E-state index is 0.141. The van der Waals surface area contributed by atoms with Crippen LogP contribution in [0.3, 0.4) is 0 Å². The van der Waals surface area contributed by atoms with Crippen LogP contribution in [0.4, 0.5) is 4.39 Å². The molecule has 4 heteroatoms. The Kier molecular flexibility index (Phi) is 4.95. The molecule has 2 nitrogen and oxygen atoms in total. The first-order valence-electron chi connectivity index (χ1n) is 6.14. The standard InChI is InChI=1S/C13H18BrFN2/c14-11-4-5-13(15)10(7-11)8-16-9-12-3-1-2-6-17-12/h4-5,7,12,16-17H,1-3,6,8-9H2. The molecule has 1 atom stereocenters. The summed E-state index contributed by atoms with van der Waals surface area (Å²) in [6.07, 6.45) is 3.79. The molecule has 1 aliphatic heterocycles. The van der Waals surface area contributed by atoms with Gasteiger partial charge in [-0.2, -0.15) is 0 Å². The smallest absolute Gasteiger partial charge is 0.127 e. The van der Waals surface area contributed by atoms with Crippen molar-refractivity contribution in [2.24, 2.45) is 0 Å². The minimum atomic E-state index is -0.141. The van der Waals surface area contributed by atoms with Crippen molar-refractivity contribution in [3.63, 3.8) is 0 Å². The fourth-order valence-corrected chi connectivity index (χ4v) is 2.57. The van der Waals surface area contributed by atoms with Crippen LogP contribution in [0.2, 0.25) is 0 Å². The summed E-state index contributed by atoms with van der Waals surface area (Å²) in [5, 5.41) is 6.78. The van der Waals surface area contributed by atoms with E-state index in [1.54, 1.807) is 6.07 Å². The fourth-order valence-electron chi connectivity index (χ4n) is 2.16. The summed E-state index contributed by atoms with van der Waals surface area (Å²) < 4.78 is 14.4. The first-order valence-corrected chi connectivity index (χ1v) is 6.93. The van der Waals surface area contributed by atoms with Gasteiger partial charge in [0.1, 0.15) is 5.82 Å². The summed E-state index contributed by atoms with van der Waals surface area (Å²) in [5.41, 5.74) is 0.718. The molecule has 1 aromatic rings. The van der Waals surface area contributed by atoms with Crippen LogP contribution in [-0.2, 0) is 6.54 Å². The number of hydrogen-bond donors (Lipinski definition) is 2. The first-order chi connectivity index (χ1) is 8.25. The maximum absolute atomic E-state index is 13.5. The first kappa shape index (κ1) is 13.0. The molecule has 2 rings (SSSR count). The Morgan fingerprint density at radius 3 is 3.06 bits per heavy atom. The van der Waals surface area contributed by atoms with Crippen molar-refractivity contribution in [1.29, 1.82) is 0 Å². The van der Waals surface area contributed by atoms with Gasteiger partial charge in [0.15, 0.2) is 0 Å². The highest BCUT2D eigenvalue weighted by molar-refractivity contribution is 9.10. The monoisotopic (exact) mass is 300 g/mol. The van der Waals surface area contributed by atoms with Crippen LogP contribution < -0.4 is 10.6 Å². The maximum Gasteiger partial charge on any atom is 0.127 e. The van der Waals surface area contributed by atoms with Crippen LogP contribution in [0.5, 0.6) is 0 Å². The van der Waals surface area contributed by atoms with Gasteiger partial charge >= 0.3 is 0 Å². The lowest BCUT2D eigenvalue weighted by atomic mass is 10.1. The van der Waals surface area contributed by atoms with Crippen molar-refractivity contribution in [2.75, 3.05) is 13.1 Å². The molecule has 0 spiro atoms. The molecule has 2 N–H and O–H groups in total. The van der Waals surface area contributed by atoms with Gasteiger partial charge in [-0.3, -0.25) is 0 Å². The van der Waals surface area contributed by atoms with Gasteiger partial charge in [0.25, 0.3) is 0 Å². The third-order valence-electron chi connectivity index (χ3n) is 3.13. The van der Waals surface area contributed by atoms with Gasteiger partial charge in [0.05, 0.1) is 0 Å². The minimum Gasteiger partial charge on any atom is -0.313 e. The highest BCUT2D eigenvalue weighted by Crippen LogP contribution is 2.15. The van der Waals surface area contributed by atoms with E-state index in [1.807, 2.05) is 6.07 Å². The second-order valence-electron chi connectivity index (χ2n) is 4.51. The molecule has 17 heavy (non-hydrogen) atoms. The molecule has 0 bridgehead atoms. The van der Waals surface area contributed by atoms with Crippen molar-refractivity contribution in [3.8, 4) is 0 Å². The molecule has 0 radical (unpaired) electrons. The van der Waals surface area contributed by atoms with Crippen LogP contribution in [0.15, 0.2) is 22.7 Å². The van der Waals surface area contributed by atoms with Gasteiger partial charge in [-0.25, -0.2) is 4.39 Å². The molecule has 1 aromatic carbocycles. The van der Waals surface area contributed by atoms with E-state index in [2.05, 4.69) is 26.6 Å². The molecular formula is C13H18BrFN2.